The Morgan fingerprint density at radius 3 is 2.59 bits per heavy atom. The van der Waals surface area contributed by atoms with Gasteiger partial charge in [-0.3, -0.25) is 9.69 Å². The van der Waals surface area contributed by atoms with E-state index in [4.69, 9.17) is 0 Å². The molecule has 3 amide bonds. The molecule has 22 heavy (non-hydrogen) atoms. The molecule has 8 heteroatoms. The fourth-order valence-electron chi connectivity index (χ4n) is 3.35. The highest BCUT2D eigenvalue weighted by Gasteiger charge is 2.50. The summed E-state index contributed by atoms with van der Waals surface area (Å²) in [7, 11) is 0. The Hall–Kier alpha value is -1.99. The molecule has 1 saturated carbocycles. The van der Waals surface area contributed by atoms with E-state index < -0.39 is 5.54 Å². The van der Waals surface area contributed by atoms with Gasteiger partial charge in [-0.2, -0.15) is 0 Å². The summed E-state index contributed by atoms with van der Waals surface area (Å²) in [5.74, 6) is 0.432. The molecule has 0 aromatic carbocycles. The minimum Gasteiger partial charge on any atom is -0.323 e. The molecule has 1 spiro atoms. The Morgan fingerprint density at radius 2 is 1.91 bits per heavy atom. The van der Waals surface area contributed by atoms with Gasteiger partial charge in [-0.05, 0) is 29.7 Å². The lowest BCUT2D eigenvalue weighted by Crippen LogP contribution is -2.46. The van der Waals surface area contributed by atoms with Crippen LogP contribution >= 0.6 is 0 Å². The summed E-state index contributed by atoms with van der Waals surface area (Å²) in [4.78, 5) is 26.4. The zero-order valence-corrected chi connectivity index (χ0v) is 12.9. The highest BCUT2D eigenvalue weighted by atomic mass is 16.2. The van der Waals surface area contributed by atoms with Crippen molar-refractivity contribution in [1.82, 2.24) is 30.4 Å². The van der Waals surface area contributed by atoms with Gasteiger partial charge in [0.15, 0.2) is 5.82 Å². The molecule has 2 fully saturated rings. The fraction of sp³-hybridized carbons (Fsp3) is 0.786. The Labute approximate surface area is 129 Å². The first kappa shape index (κ1) is 14.9. The van der Waals surface area contributed by atoms with Crippen LogP contribution in [0.25, 0.3) is 0 Å². The largest absolute Gasteiger partial charge is 0.325 e. The summed E-state index contributed by atoms with van der Waals surface area (Å²) in [6.45, 7) is 2.84. The number of carbonyl (C=O) groups is 2. The number of nitrogens with one attached hydrogen (secondary N) is 1. The number of carbonyl (C=O) groups excluding carboxylic acids is 2. The summed E-state index contributed by atoms with van der Waals surface area (Å²) in [6, 6.07) is -0.321. The number of aryl methyl sites for hydroxylation is 1. The summed E-state index contributed by atoms with van der Waals surface area (Å²) in [6.07, 6.45) is 6.56. The van der Waals surface area contributed by atoms with Crippen molar-refractivity contribution in [3.8, 4) is 0 Å². The normalized spacial score (nSPS) is 21.2. The highest BCUT2D eigenvalue weighted by molar-refractivity contribution is 6.06. The molecule has 1 saturated heterocycles. The van der Waals surface area contributed by atoms with E-state index in [9.17, 15) is 9.59 Å². The Balaban J connectivity index is 1.78. The van der Waals surface area contributed by atoms with Crippen molar-refractivity contribution in [2.45, 2.75) is 70.5 Å². The van der Waals surface area contributed by atoms with E-state index in [1.165, 1.54) is 4.90 Å². The first-order chi connectivity index (χ1) is 10.7. The Kier molecular flexibility index (Phi) is 4.08. The molecule has 8 nitrogen and oxygen atoms in total. The Morgan fingerprint density at radius 1 is 1.18 bits per heavy atom. The number of aromatic nitrogens is 4. The topological polar surface area (TPSA) is 93.0 Å². The average molecular weight is 306 g/mol. The number of hydrogen-bond donors (Lipinski definition) is 1. The van der Waals surface area contributed by atoms with Crippen molar-refractivity contribution in [2.24, 2.45) is 0 Å². The van der Waals surface area contributed by atoms with Gasteiger partial charge in [0.2, 0.25) is 0 Å². The van der Waals surface area contributed by atoms with Crippen molar-refractivity contribution >= 4 is 11.9 Å². The molecule has 0 unspecified atom stereocenters. The molecule has 2 aliphatic rings. The standard InChI is InChI=1S/C14H22N6O2/c1-2-9-20-11(16-17-18-20)10-19-12(21)14(15-13(19)22)7-5-3-4-6-8-14/h2-10H2,1H3,(H,15,22). The van der Waals surface area contributed by atoms with E-state index in [1.54, 1.807) is 4.68 Å². The van der Waals surface area contributed by atoms with Gasteiger partial charge in [0, 0.05) is 6.54 Å². The number of rotatable bonds is 4. The van der Waals surface area contributed by atoms with Crippen LogP contribution in [-0.4, -0.2) is 42.6 Å². The fourth-order valence-corrected chi connectivity index (χ4v) is 3.35. The number of hydrogen-bond acceptors (Lipinski definition) is 5. The van der Waals surface area contributed by atoms with E-state index in [0.29, 0.717) is 12.4 Å². The van der Waals surface area contributed by atoms with Crippen LogP contribution in [-0.2, 0) is 17.9 Å². The van der Waals surface area contributed by atoms with Crippen LogP contribution in [0.3, 0.4) is 0 Å². The molecular formula is C14H22N6O2. The SMILES string of the molecule is CCCn1nnnc1CN1C(=O)NC2(CCCCCC2)C1=O. The third-order valence-corrected chi connectivity index (χ3v) is 4.54. The quantitative estimate of drug-likeness (QED) is 0.844. The van der Waals surface area contributed by atoms with Gasteiger partial charge in [0.25, 0.3) is 5.91 Å². The maximum absolute atomic E-state index is 12.8. The van der Waals surface area contributed by atoms with Gasteiger partial charge < -0.3 is 5.32 Å². The molecule has 1 N–H and O–H groups in total. The second kappa shape index (κ2) is 6.02. The second-order valence-electron chi connectivity index (χ2n) is 6.14. The number of tetrazole rings is 1. The van der Waals surface area contributed by atoms with Crippen LogP contribution < -0.4 is 5.32 Å². The van der Waals surface area contributed by atoms with Crippen LogP contribution in [0.1, 0.15) is 57.7 Å². The number of urea groups is 1. The Bertz CT molecular complexity index is 561. The molecule has 1 aromatic rings. The lowest BCUT2D eigenvalue weighted by molar-refractivity contribution is -0.132. The van der Waals surface area contributed by atoms with E-state index in [-0.39, 0.29) is 18.5 Å². The molecule has 1 aliphatic heterocycles. The zero-order chi connectivity index (χ0) is 15.6. The molecule has 1 aromatic heterocycles. The summed E-state index contributed by atoms with van der Waals surface area (Å²) in [5.41, 5.74) is -0.698. The third-order valence-electron chi connectivity index (χ3n) is 4.54. The first-order valence-electron chi connectivity index (χ1n) is 8.05. The van der Waals surface area contributed by atoms with Crippen molar-refractivity contribution < 1.29 is 9.59 Å². The second-order valence-corrected chi connectivity index (χ2v) is 6.14. The zero-order valence-electron chi connectivity index (χ0n) is 12.9. The number of imide groups is 1. The van der Waals surface area contributed by atoms with Crippen molar-refractivity contribution in [2.75, 3.05) is 0 Å². The van der Waals surface area contributed by atoms with Crippen LogP contribution in [0, 0.1) is 0 Å². The lowest BCUT2D eigenvalue weighted by atomic mass is 9.90. The molecular weight excluding hydrogens is 284 g/mol. The molecule has 0 atom stereocenters. The van der Waals surface area contributed by atoms with Gasteiger partial charge in [-0.25, -0.2) is 9.48 Å². The monoisotopic (exact) mass is 306 g/mol. The lowest BCUT2D eigenvalue weighted by Gasteiger charge is -2.24. The molecule has 0 bridgehead atoms. The van der Waals surface area contributed by atoms with Crippen molar-refractivity contribution in [3.05, 3.63) is 5.82 Å². The van der Waals surface area contributed by atoms with E-state index in [1.807, 2.05) is 6.92 Å². The molecule has 2 heterocycles. The van der Waals surface area contributed by atoms with Crippen LogP contribution in [0.5, 0.6) is 0 Å². The van der Waals surface area contributed by atoms with Gasteiger partial charge in [-0.1, -0.05) is 32.6 Å². The molecule has 120 valence electrons. The molecule has 3 rings (SSSR count). The van der Waals surface area contributed by atoms with Crippen LogP contribution in [0.15, 0.2) is 0 Å². The minimum atomic E-state index is -0.698. The summed E-state index contributed by atoms with van der Waals surface area (Å²) >= 11 is 0. The number of nitrogens with zero attached hydrogens (tertiary/aromatic N) is 5. The molecule has 0 radical (unpaired) electrons. The van der Waals surface area contributed by atoms with Gasteiger partial charge in [0.1, 0.15) is 5.54 Å². The van der Waals surface area contributed by atoms with Crippen molar-refractivity contribution in [1.29, 1.82) is 0 Å². The van der Waals surface area contributed by atoms with Gasteiger partial charge >= 0.3 is 6.03 Å². The van der Waals surface area contributed by atoms with Crippen LogP contribution in [0.2, 0.25) is 0 Å². The maximum Gasteiger partial charge on any atom is 0.325 e. The summed E-state index contributed by atoms with van der Waals surface area (Å²) in [5, 5.41) is 14.4. The number of amides is 3. The molecule has 1 aliphatic carbocycles. The van der Waals surface area contributed by atoms with Gasteiger partial charge in [-0.15, -0.1) is 5.10 Å². The smallest absolute Gasteiger partial charge is 0.323 e. The predicted molar refractivity (Wildman–Crippen MR) is 77.6 cm³/mol. The van der Waals surface area contributed by atoms with Crippen molar-refractivity contribution in [3.63, 3.8) is 0 Å². The predicted octanol–water partition coefficient (Wildman–Crippen LogP) is 1.23. The highest BCUT2D eigenvalue weighted by Crippen LogP contribution is 2.33. The van der Waals surface area contributed by atoms with E-state index >= 15 is 0 Å². The first-order valence-corrected chi connectivity index (χ1v) is 8.05. The minimum absolute atomic E-state index is 0.120. The van der Waals surface area contributed by atoms with E-state index in [2.05, 4.69) is 20.8 Å². The average Bonchev–Trinajstić information content (AvgIpc) is 2.91. The van der Waals surface area contributed by atoms with Crippen LogP contribution in [0.4, 0.5) is 4.79 Å². The third kappa shape index (κ3) is 2.57. The maximum atomic E-state index is 12.8. The summed E-state index contributed by atoms with van der Waals surface area (Å²) < 4.78 is 1.65. The van der Waals surface area contributed by atoms with E-state index in [0.717, 1.165) is 44.9 Å². The van der Waals surface area contributed by atoms with Gasteiger partial charge in [0.05, 0.1) is 6.54 Å².